The van der Waals surface area contributed by atoms with E-state index in [1.165, 1.54) is 6.07 Å². The maximum atomic E-state index is 12.1. The number of fused-ring (bicyclic) bond motifs is 1. The van der Waals surface area contributed by atoms with Crippen LogP contribution in [0.2, 0.25) is 0 Å². The number of amides is 1. The number of hydrogen-bond acceptors (Lipinski definition) is 3. The van der Waals surface area contributed by atoms with Gasteiger partial charge in [-0.05, 0) is 31.0 Å². The molecule has 1 amide bonds. The van der Waals surface area contributed by atoms with Gasteiger partial charge in [-0.1, -0.05) is 18.2 Å². The number of benzene rings is 1. The van der Waals surface area contributed by atoms with Crippen LogP contribution in [-0.2, 0) is 6.42 Å². The highest BCUT2D eigenvalue weighted by Crippen LogP contribution is 2.20. The maximum absolute atomic E-state index is 12.1. The summed E-state index contributed by atoms with van der Waals surface area (Å²) in [4.78, 5) is 38.6. The van der Waals surface area contributed by atoms with Gasteiger partial charge >= 0.3 is 0 Å². The van der Waals surface area contributed by atoms with Crippen LogP contribution in [0.3, 0.4) is 0 Å². The molecule has 2 N–H and O–H groups in total. The molecule has 1 aliphatic carbocycles. The van der Waals surface area contributed by atoms with Crippen molar-refractivity contribution in [3.63, 3.8) is 0 Å². The van der Waals surface area contributed by atoms with Crippen molar-refractivity contribution in [1.29, 1.82) is 0 Å². The van der Waals surface area contributed by atoms with Crippen molar-refractivity contribution in [3.8, 4) is 0 Å². The number of rotatable bonds is 2. The van der Waals surface area contributed by atoms with Crippen LogP contribution in [0.15, 0.2) is 41.2 Å². The predicted molar refractivity (Wildman–Crippen MR) is 78.7 cm³/mol. The molecule has 0 spiro atoms. The second-order valence-corrected chi connectivity index (χ2v) is 5.00. The standard InChI is InChI=1S/C16H14N2O3/c19-14-8-4-7-12-11(14)9-13(16(21)17-12)18-15(20)10-5-2-1-3-6-10/h1-3,5-6,9H,4,7-8H2,(H,17,21)(H,18,20). The number of carbonyl (C=O) groups excluding carboxylic acids is 2. The molecule has 1 heterocycles. The van der Waals surface area contributed by atoms with Gasteiger partial charge in [-0.15, -0.1) is 0 Å². The van der Waals surface area contributed by atoms with E-state index in [4.69, 9.17) is 0 Å². The Labute approximate surface area is 121 Å². The molecule has 21 heavy (non-hydrogen) atoms. The maximum Gasteiger partial charge on any atom is 0.271 e. The Morgan fingerprint density at radius 2 is 1.86 bits per heavy atom. The highest BCUT2D eigenvalue weighted by Gasteiger charge is 2.20. The van der Waals surface area contributed by atoms with Crippen molar-refractivity contribution in [2.24, 2.45) is 0 Å². The van der Waals surface area contributed by atoms with Gasteiger partial charge < -0.3 is 10.3 Å². The number of aromatic amines is 1. The van der Waals surface area contributed by atoms with Crippen LogP contribution in [0.4, 0.5) is 5.69 Å². The van der Waals surface area contributed by atoms with Crippen LogP contribution in [-0.4, -0.2) is 16.7 Å². The lowest BCUT2D eigenvalue weighted by Gasteiger charge is -2.15. The lowest BCUT2D eigenvalue weighted by molar-refractivity contribution is 0.0969. The van der Waals surface area contributed by atoms with Gasteiger partial charge in [0, 0.05) is 23.2 Å². The third kappa shape index (κ3) is 2.63. The molecule has 106 valence electrons. The summed E-state index contributed by atoms with van der Waals surface area (Å²) in [5, 5.41) is 2.56. The normalized spacial score (nSPS) is 13.6. The van der Waals surface area contributed by atoms with Gasteiger partial charge in [-0.3, -0.25) is 14.4 Å². The molecule has 0 saturated heterocycles. The number of carbonyl (C=O) groups is 2. The average Bonchev–Trinajstić information content (AvgIpc) is 2.50. The molecule has 0 unspecified atom stereocenters. The van der Waals surface area contributed by atoms with Crippen LogP contribution >= 0.6 is 0 Å². The second-order valence-electron chi connectivity index (χ2n) is 5.00. The zero-order chi connectivity index (χ0) is 14.8. The molecule has 0 fully saturated rings. The Morgan fingerprint density at radius 3 is 2.62 bits per heavy atom. The highest BCUT2D eigenvalue weighted by atomic mass is 16.2. The van der Waals surface area contributed by atoms with Crippen molar-refractivity contribution in [1.82, 2.24) is 4.98 Å². The fourth-order valence-corrected chi connectivity index (χ4v) is 2.45. The number of hydrogen-bond donors (Lipinski definition) is 2. The van der Waals surface area contributed by atoms with Crippen LogP contribution < -0.4 is 10.9 Å². The van der Waals surface area contributed by atoms with E-state index in [0.29, 0.717) is 29.7 Å². The molecule has 1 aromatic carbocycles. The van der Waals surface area contributed by atoms with Gasteiger partial charge in [0.15, 0.2) is 5.78 Å². The van der Waals surface area contributed by atoms with Gasteiger partial charge in [-0.2, -0.15) is 0 Å². The minimum absolute atomic E-state index is 0.00251. The van der Waals surface area contributed by atoms with E-state index in [0.717, 1.165) is 6.42 Å². The fraction of sp³-hybridized carbons (Fsp3) is 0.188. The predicted octanol–water partition coefficient (Wildman–Crippen LogP) is 2.15. The molecule has 0 radical (unpaired) electrons. The molecule has 1 aromatic heterocycles. The molecule has 0 atom stereocenters. The minimum Gasteiger partial charge on any atom is -0.324 e. The van der Waals surface area contributed by atoms with E-state index >= 15 is 0 Å². The molecular formula is C16H14N2O3. The quantitative estimate of drug-likeness (QED) is 0.885. The Morgan fingerprint density at radius 1 is 1.10 bits per heavy atom. The summed E-state index contributed by atoms with van der Waals surface area (Å²) in [5.41, 5.74) is 1.35. The fourth-order valence-electron chi connectivity index (χ4n) is 2.45. The summed E-state index contributed by atoms with van der Waals surface area (Å²) in [6.45, 7) is 0. The molecule has 0 bridgehead atoms. The van der Waals surface area contributed by atoms with Gasteiger partial charge in [0.1, 0.15) is 5.69 Å². The average molecular weight is 282 g/mol. The van der Waals surface area contributed by atoms with Gasteiger partial charge in [-0.25, -0.2) is 0 Å². The largest absolute Gasteiger partial charge is 0.324 e. The minimum atomic E-state index is -0.382. The number of nitrogens with one attached hydrogen (secondary N) is 2. The lowest BCUT2D eigenvalue weighted by Crippen LogP contribution is -2.24. The highest BCUT2D eigenvalue weighted by molar-refractivity contribution is 6.05. The number of anilines is 1. The van der Waals surface area contributed by atoms with Gasteiger partial charge in [0.05, 0.1) is 0 Å². The van der Waals surface area contributed by atoms with Crippen molar-refractivity contribution in [3.05, 3.63) is 63.6 Å². The van der Waals surface area contributed by atoms with E-state index < -0.39 is 0 Å². The molecule has 5 nitrogen and oxygen atoms in total. The molecule has 0 saturated carbocycles. The Kier molecular flexibility index (Phi) is 3.39. The molecule has 3 rings (SSSR count). The molecule has 5 heteroatoms. The van der Waals surface area contributed by atoms with Crippen LogP contribution in [0.1, 0.15) is 39.3 Å². The Balaban J connectivity index is 1.93. The Hall–Kier alpha value is -2.69. The number of aryl methyl sites for hydroxylation is 1. The third-order valence-corrected chi connectivity index (χ3v) is 3.54. The monoisotopic (exact) mass is 282 g/mol. The van der Waals surface area contributed by atoms with Gasteiger partial charge in [0.25, 0.3) is 11.5 Å². The first kappa shape index (κ1) is 13.3. The summed E-state index contributed by atoms with van der Waals surface area (Å²) in [5.74, 6) is -0.369. The second kappa shape index (κ2) is 5.36. The van der Waals surface area contributed by atoms with E-state index in [1.807, 2.05) is 0 Å². The van der Waals surface area contributed by atoms with Crippen molar-refractivity contribution in [2.45, 2.75) is 19.3 Å². The number of ketones is 1. The van der Waals surface area contributed by atoms with E-state index in [9.17, 15) is 14.4 Å². The van der Waals surface area contributed by atoms with E-state index in [-0.39, 0.29) is 22.9 Å². The first-order chi connectivity index (χ1) is 10.1. The van der Waals surface area contributed by atoms with Crippen LogP contribution in [0.25, 0.3) is 0 Å². The summed E-state index contributed by atoms with van der Waals surface area (Å²) in [6, 6.07) is 10.1. The van der Waals surface area contributed by atoms with Gasteiger partial charge in [0.2, 0.25) is 0 Å². The SMILES string of the molecule is O=C(Nc1cc2c([nH]c1=O)CCCC2=O)c1ccccc1. The van der Waals surface area contributed by atoms with E-state index in [2.05, 4.69) is 10.3 Å². The van der Waals surface area contributed by atoms with E-state index in [1.54, 1.807) is 30.3 Å². The van der Waals surface area contributed by atoms with Crippen molar-refractivity contribution < 1.29 is 9.59 Å². The third-order valence-electron chi connectivity index (χ3n) is 3.54. The lowest BCUT2D eigenvalue weighted by atomic mass is 9.94. The number of aromatic nitrogens is 1. The topological polar surface area (TPSA) is 79.0 Å². The molecule has 1 aliphatic rings. The molecular weight excluding hydrogens is 268 g/mol. The molecule has 0 aliphatic heterocycles. The number of pyridine rings is 1. The summed E-state index contributed by atoms with van der Waals surface area (Å²) in [6.07, 6.45) is 1.91. The first-order valence-corrected chi connectivity index (χ1v) is 6.81. The first-order valence-electron chi connectivity index (χ1n) is 6.81. The Bertz CT molecular complexity index is 763. The number of Topliss-reactive ketones (excluding diaryl/α,β-unsaturated/α-hetero) is 1. The van der Waals surface area contributed by atoms with Crippen LogP contribution in [0, 0.1) is 0 Å². The summed E-state index contributed by atoms with van der Waals surface area (Å²) >= 11 is 0. The van der Waals surface area contributed by atoms with Crippen molar-refractivity contribution in [2.75, 3.05) is 5.32 Å². The summed E-state index contributed by atoms with van der Waals surface area (Å²) in [7, 11) is 0. The summed E-state index contributed by atoms with van der Waals surface area (Å²) < 4.78 is 0. The number of H-pyrrole nitrogens is 1. The smallest absolute Gasteiger partial charge is 0.271 e. The zero-order valence-corrected chi connectivity index (χ0v) is 11.3. The molecule has 2 aromatic rings. The van der Waals surface area contributed by atoms with Crippen molar-refractivity contribution >= 4 is 17.4 Å². The zero-order valence-electron chi connectivity index (χ0n) is 11.3. The van der Waals surface area contributed by atoms with Crippen LogP contribution in [0.5, 0.6) is 0 Å².